The minimum Gasteiger partial charge on any atom is -0.396 e. The molecule has 0 bridgehead atoms. The van der Waals surface area contributed by atoms with Gasteiger partial charge >= 0.3 is 6.03 Å². The molecule has 2 aliphatic heterocycles. The van der Waals surface area contributed by atoms with Gasteiger partial charge in [0.1, 0.15) is 0 Å². The van der Waals surface area contributed by atoms with Crippen molar-refractivity contribution in [2.45, 2.75) is 75.9 Å². The summed E-state index contributed by atoms with van der Waals surface area (Å²) in [6.07, 6.45) is 10.5. The van der Waals surface area contributed by atoms with Gasteiger partial charge in [-0.25, -0.2) is 4.79 Å². The van der Waals surface area contributed by atoms with E-state index in [1.165, 1.54) is 32.1 Å². The first-order valence-corrected chi connectivity index (χ1v) is 9.20. The number of urea groups is 1. The van der Waals surface area contributed by atoms with Gasteiger partial charge in [0.15, 0.2) is 0 Å². The van der Waals surface area contributed by atoms with Crippen molar-refractivity contribution < 1.29 is 9.90 Å². The minimum absolute atomic E-state index is 0.0939. The number of rotatable bonds is 4. The molecule has 2 N–H and O–H groups in total. The Balaban J connectivity index is 1.48. The summed E-state index contributed by atoms with van der Waals surface area (Å²) in [7, 11) is 0. The molecule has 3 rings (SSSR count). The lowest BCUT2D eigenvalue weighted by Crippen LogP contribution is -2.52. The molecular formula is C17H31N3O2. The Bertz CT molecular complexity index is 369. The number of nitrogens with zero attached hydrogens (tertiary/aromatic N) is 2. The largest absolute Gasteiger partial charge is 0.396 e. The Hall–Kier alpha value is -0.810. The lowest BCUT2D eigenvalue weighted by Gasteiger charge is -2.36. The van der Waals surface area contributed by atoms with Gasteiger partial charge in [-0.1, -0.05) is 12.8 Å². The zero-order valence-electron chi connectivity index (χ0n) is 13.7. The fourth-order valence-corrected chi connectivity index (χ4v) is 4.48. The smallest absolute Gasteiger partial charge is 0.317 e. The molecular weight excluding hydrogens is 278 g/mol. The van der Waals surface area contributed by atoms with E-state index in [9.17, 15) is 9.90 Å². The number of carbonyl (C=O) groups excluding carboxylic acids is 1. The van der Waals surface area contributed by atoms with Crippen LogP contribution in [0.15, 0.2) is 0 Å². The Morgan fingerprint density at radius 3 is 2.59 bits per heavy atom. The van der Waals surface area contributed by atoms with Gasteiger partial charge in [0.25, 0.3) is 0 Å². The normalized spacial score (nSPS) is 30.9. The van der Waals surface area contributed by atoms with Crippen molar-refractivity contribution in [1.29, 1.82) is 0 Å². The van der Waals surface area contributed by atoms with Crippen molar-refractivity contribution in [2.24, 2.45) is 0 Å². The van der Waals surface area contributed by atoms with Gasteiger partial charge in [-0.15, -0.1) is 0 Å². The zero-order valence-corrected chi connectivity index (χ0v) is 13.7. The molecule has 1 aliphatic carbocycles. The van der Waals surface area contributed by atoms with E-state index in [1.807, 2.05) is 4.90 Å². The third-order valence-corrected chi connectivity index (χ3v) is 5.74. The van der Waals surface area contributed by atoms with Gasteiger partial charge in [0, 0.05) is 44.4 Å². The number of aliphatic hydroxyl groups excluding tert-OH is 1. The molecule has 5 nitrogen and oxygen atoms in total. The topological polar surface area (TPSA) is 55.8 Å². The first kappa shape index (κ1) is 16.1. The Kier molecular flexibility index (Phi) is 5.58. The van der Waals surface area contributed by atoms with Crippen molar-refractivity contribution in [3.05, 3.63) is 0 Å². The van der Waals surface area contributed by atoms with Crippen molar-refractivity contribution >= 4 is 6.03 Å². The van der Waals surface area contributed by atoms with Crippen LogP contribution in [0.25, 0.3) is 0 Å². The molecule has 2 atom stereocenters. The first-order valence-electron chi connectivity index (χ1n) is 9.20. The van der Waals surface area contributed by atoms with E-state index in [0.717, 1.165) is 44.9 Å². The van der Waals surface area contributed by atoms with Crippen molar-refractivity contribution in [3.63, 3.8) is 0 Å². The van der Waals surface area contributed by atoms with Crippen molar-refractivity contribution in [3.8, 4) is 0 Å². The highest BCUT2D eigenvalue weighted by atomic mass is 16.3. The minimum atomic E-state index is 0.0939. The summed E-state index contributed by atoms with van der Waals surface area (Å²) in [5, 5.41) is 12.4. The molecule has 0 aromatic heterocycles. The summed E-state index contributed by atoms with van der Waals surface area (Å²) in [5.74, 6) is 0. The highest BCUT2D eigenvalue weighted by molar-refractivity contribution is 5.75. The second kappa shape index (κ2) is 7.64. The number of piperidine rings is 1. The standard InChI is InChI=1S/C17H31N3O2/c21-12-9-16-7-3-4-10-20(16)17(22)18-14-8-11-19(13-14)15-5-1-2-6-15/h14-16,21H,1-13H2,(H,18,22). The van der Waals surface area contributed by atoms with E-state index in [2.05, 4.69) is 10.2 Å². The van der Waals surface area contributed by atoms with Crippen LogP contribution in [0.3, 0.4) is 0 Å². The molecule has 0 spiro atoms. The molecule has 2 heterocycles. The van der Waals surface area contributed by atoms with Crippen LogP contribution < -0.4 is 5.32 Å². The molecule has 0 radical (unpaired) electrons. The third-order valence-electron chi connectivity index (χ3n) is 5.74. The quantitative estimate of drug-likeness (QED) is 0.834. The number of nitrogens with one attached hydrogen (secondary N) is 1. The van der Waals surface area contributed by atoms with Gasteiger partial charge in [0.2, 0.25) is 0 Å². The van der Waals surface area contributed by atoms with Gasteiger partial charge in [0.05, 0.1) is 0 Å². The number of hydrogen-bond acceptors (Lipinski definition) is 3. The van der Waals surface area contributed by atoms with E-state index in [4.69, 9.17) is 0 Å². The molecule has 2 unspecified atom stereocenters. The maximum Gasteiger partial charge on any atom is 0.317 e. The molecule has 3 fully saturated rings. The second-order valence-electron chi connectivity index (χ2n) is 7.22. The number of aliphatic hydroxyl groups is 1. The highest BCUT2D eigenvalue weighted by Gasteiger charge is 2.33. The van der Waals surface area contributed by atoms with E-state index in [0.29, 0.717) is 12.5 Å². The lowest BCUT2D eigenvalue weighted by molar-refractivity contribution is 0.129. The fraction of sp³-hybridized carbons (Fsp3) is 0.941. The molecule has 2 saturated heterocycles. The molecule has 2 amide bonds. The average molecular weight is 309 g/mol. The number of hydrogen-bond donors (Lipinski definition) is 2. The van der Waals surface area contributed by atoms with Crippen LogP contribution in [0.5, 0.6) is 0 Å². The van der Waals surface area contributed by atoms with Crippen LogP contribution in [0.2, 0.25) is 0 Å². The van der Waals surface area contributed by atoms with Crippen LogP contribution in [-0.2, 0) is 0 Å². The SMILES string of the molecule is O=C(NC1CCN(C2CCCC2)C1)N1CCCCC1CCO. The van der Waals surface area contributed by atoms with Crippen LogP contribution in [0, 0.1) is 0 Å². The second-order valence-corrected chi connectivity index (χ2v) is 7.22. The molecule has 3 aliphatic rings. The van der Waals surface area contributed by atoms with Crippen LogP contribution >= 0.6 is 0 Å². The maximum atomic E-state index is 12.6. The zero-order chi connectivity index (χ0) is 15.4. The average Bonchev–Trinajstić information content (AvgIpc) is 3.19. The lowest BCUT2D eigenvalue weighted by atomic mass is 10.00. The Morgan fingerprint density at radius 2 is 1.82 bits per heavy atom. The summed E-state index contributed by atoms with van der Waals surface area (Å²) >= 11 is 0. The van der Waals surface area contributed by atoms with Gasteiger partial charge in [-0.2, -0.15) is 0 Å². The highest BCUT2D eigenvalue weighted by Crippen LogP contribution is 2.27. The molecule has 5 heteroatoms. The summed E-state index contributed by atoms with van der Waals surface area (Å²) in [6.45, 7) is 3.17. The Labute approximate surface area is 134 Å². The molecule has 1 saturated carbocycles. The van der Waals surface area contributed by atoms with E-state index in [-0.39, 0.29) is 18.7 Å². The summed E-state index contributed by atoms with van der Waals surface area (Å²) < 4.78 is 0. The van der Waals surface area contributed by atoms with Gasteiger partial charge in [-0.05, 0) is 44.9 Å². The monoisotopic (exact) mass is 309 g/mol. The molecule has 0 aromatic carbocycles. The number of amides is 2. The summed E-state index contributed by atoms with van der Waals surface area (Å²) in [4.78, 5) is 17.1. The molecule has 22 heavy (non-hydrogen) atoms. The summed E-state index contributed by atoms with van der Waals surface area (Å²) in [6, 6.07) is 1.39. The van der Waals surface area contributed by atoms with Gasteiger partial charge in [-0.3, -0.25) is 4.90 Å². The predicted molar refractivity (Wildman–Crippen MR) is 86.8 cm³/mol. The molecule has 126 valence electrons. The van der Waals surface area contributed by atoms with Crippen LogP contribution in [-0.4, -0.2) is 65.3 Å². The van der Waals surface area contributed by atoms with Crippen molar-refractivity contribution in [1.82, 2.24) is 15.1 Å². The van der Waals surface area contributed by atoms with E-state index >= 15 is 0 Å². The van der Waals surface area contributed by atoms with Crippen LogP contribution in [0.4, 0.5) is 4.79 Å². The van der Waals surface area contributed by atoms with Crippen LogP contribution in [0.1, 0.15) is 57.8 Å². The predicted octanol–water partition coefficient (Wildman–Crippen LogP) is 1.95. The third kappa shape index (κ3) is 3.74. The van der Waals surface area contributed by atoms with Crippen molar-refractivity contribution in [2.75, 3.05) is 26.2 Å². The van der Waals surface area contributed by atoms with E-state index < -0.39 is 0 Å². The van der Waals surface area contributed by atoms with E-state index in [1.54, 1.807) is 0 Å². The Morgan fingerprint density at radius 1 is 1.05 bits per heavy atom. The fourth-order valence-electron chi connectivity index (χ4n) is 4.48. The number of carbonyl (C=O) groups is 1. The first-order chi connectivity index (χ1) is 10.8. The molecule has 0 aromatic rings. The number of likely N-dealkylation sites (tertiary alicyclic amines) is 2. The van der Waals surface area contributed by atoms with Gasteiger partial charge < -0.3 is 15.3 Å². The summed E-state index contributed by atoms with van der Waals surface area (Å²) in [5.41, 5.74) is 0. The maximum absolute atomic E-state index is 12.6.